The number of aldehydes is 1. The van der Waals surface area contributed by atoms with Crippen molar-refractivity contribution in [3.63, 3.8) is 0 Å². The molecule has 4 fully saturated rings. The Morgan fingerprint density at radius 1 is 1.16 bits per heavy atom. The molecule has 1 aliphatic heterocycles. The maximum absolute atomic E-state index is 14.1. The third-order valence-electron chi connectivity index (χ3n) is 10.8. The topological polar surface area (TPSA) is 125 Å². The molecule has 5 aliphatic carbocycles. The van der Waals surface area contributed by atoms with Crippen molar-refractivity contribution < 1.29 is 34.1 Å². The molecule has 0 spiro atoms. The molecule has 44 heavy (non-hydrogen) atoms. The summed E-state index contributed by atoms with van der Waals surface area (Å²) in [7, 11) is 1.48. The lowest BCUT2D eigenvalue weighted by molar-refractivity contribution is -0.145. The Labute approximate surface area is 259 Å². The summed E-state index contributed by atoms with van der Waals surface area (Å²) in [5, 5.41) is 24.3. The molecule has 1 aromatic carbocycles. The molecule has 6 aliphatic rings. The maximum Gasteiger partial charge on any atom is 0.247 e. The number of aliphatic hydroxyl groups excluding tert-OH is 2. The number of aliphatic hydroxyl groups is 2. The quantitative estimate of drug-likeness (QED) is 0.177. The number of unbranched alkanes of at least 4 members (excludes halogenated alkanes) is 2. The van der Waals surface area contributed by atoms with Gasteiger partial charge in [-0.05, 0) is 99.2 Å². The molecule has 238 valence electrons. The number of nitrogens with one attached hydrogen (secondary N) is 1. The third kappa shape index (κ3) is 5.69. The fourth-order valence-corrected chi connectivity index (χ4v) is 9.47. The molecule has 3 N–H and O–H groups in total. The van der Waals surface area contributed by atoms with Crippen LogP contribution >= 0.6 is 0 Å². The number of nitrogens with zero attached hydrogens (tertiary/aromatic N) is 1. The van der Waals surface area contributed by atoms with Gasteiger partial charge in [-0.25, -0.2) is 0 Å². The van der Waals surface area contributed by atoms with Gasteiger partial charge >= 0.3 is 0 Å². The van der Waals surface area contributed by atoms with Gasteiger partial charge in [-0.3, -0.25) is 14.4 Å². The normalized spacial score (nSPS) is 32.6. The lowest BCUT2D eigenvalue weighted by atomic mass is 9.49. The van der Waals surface area contributed by atoms with Gasteiger partial charge in [-0.15, -0.1) is 6.58 Å². The summed E-state index contributed by atoms with van der Waals surface area (Å²) >= 11 is 0. The zero-order chi connectivity index (χ0) is 31.0. The van der Waals surface area contributed by atoms with Crippen LogP contribution in [0.5, 0.6) is 11.5 Å². The first kappa shape index (κ1) is 30.8. The average molecular weight is 607 g/mol. The van der Waals surface area contributed by atoms with Gasteiger partial charge in [0.1, 0.15) is 18.5 Å². The molecule has 1 aromatic rings. The van der Waals surface area contributed by atoms with Crippen LogP contribution in [0.15, 0.2) is 36.4 Å². The zero-order valence-electron chi connectivity index (χ0n) is 25.7. The van der Waals surface area contributed by atoms with E-state index in [4.69, 9.17) is 9.47 Å². The Morgan fingerprint density at radius 3 is 2.48 bits per heavy atom. The molecule has 9 nitrogen and oxygen atoms in total. The number of hydrogen-bond acceptors (Lipinski definition) is 7. The van der Waals surface area contributed by atoms with Crippen LogP contribution in [-0.2, 0) is 9.59 Å². The maximum atomic E-state index is 14.1. The molecule has 9 heteroatoms. The predicted octanol–water partition coefficient (Wildman–Crippen LogP) is 3.92. The summed E-state index contributed by atoms with van der Waals surface area (Å²) in [5.74, 6) is 1.75. The van der Waals surface area contributed by atoms with Gasteiger partial charge in [-0.1, -0.05) is 6.08 Å². The lowest BCUT2D eigenvalue weighted by Crippen LogP contribution is -2.59. The Hall–Kier alpha value is -3.17. The first-order valence-electron chi connectivity index (χ1n) is 16.3. The number of methoxy groups -OCH3 is 1. The number of fused-ring (bicyclic) bond motifs is 3. The van der Waals surface area contributed by atoms with Crippen molar-refractivity contribution in [3.05, 3.63) is 47.6 Å². The van der Waals surface area contributed by atoms with Crippen molar-refractivity contribution >= 4 is 18.1 Å². The molecule has 4 atom stereocenters. The van der Waals surface area contributed by atoms with Gasteiger partial charge in [0, 0.05) is 36.2 Å². The van der Waals surface area contributed by atoms with Crippen molar-refractivity contribution in [3.8, 4) is 11.5 Å². The first-order valence-corrected chi connectivity index (χ1v) is 16.3. The molecule has 4 bridgehead atoms. The van der Waals surface area contributed by atoms with Crippen LogP contribution < -0.4 is 14.8 Å². The monoisotopic (exact) mass is 606 g/mol. The van der Waals surface area contributed by atoms with Crippen molar-refractivity contribution in [2.24, 2.45) is 23.2 Å². The Bertz CT molecular complexity index is 1290. The van der Waals surface area contributed by atoms with E-state index in [2.05, 4.69) is 11.9 Å². The van der Waals surface area contributed by atoms with Crippen molar-refractivity contribution in [2.45, 2.75) is 88.4 Å². The van der Waals surface area contributed by atoms with Crippen molar-refractivity contribution in [1.82, 2.24) is 10.2 Å². The molecule has 0 radical (unpaired) electrons. The largest absolute Gasteiger partial charge is 0.493 e. The summed E-state index contributed by atoms with van der Waals surface area (Å²) in [6.07, 6.45) is 12.3. The zero-order valence-corrected chi connectivity index (χ0v) is 25.7. The third-order valence-corrected chi connectivity index (χ3v) is 10.8. The smallest absolute Gasteiger partial charge is 0.247 e. The average Bonchev–Trinajstić information content (AvgIpc) is 3.40. The van der Waals surface area contributed by atoms with Crippen LogP contribution in [-0.4, -0.2) is 78.3 Å². The fraction of sp³-hybridized carbons (Fsp3) is 0.629. The number of allylic oxidation sites excluding steroid dienone is 1. The Kier molecular flexibility index (Phi) is 8.88. The highest BCUT2D eigenvalue weighted by molar-refractivity contribution is 5.96. The molecule has 0 saturated heterocycles. The number of ether oxygens (including phenoxy) is 2. The van der Waals surface area contributed by atoms with E-state index in [-0.39, 0.29) is 24.5 Å². The van der Waals surface area contributed by atoms with Gasteiger partial charge in [-0.2, -0.15) is 0 Å². The summed E-state index contributed by atoms with van der Waals surface area (Å²) < 4.78 is 11.9. The Balaban J connectivity index is 1.39. The summed E-state index contributed by atoms with van der Waals surface area (Å²) in [5.41, 5.74) is 1.34. The fourth-order valence-electron chi connectivity index (χ4n) is 9.47. The van der Waals surface area contributed by atoms with Crippen LogP contribution in [0.25, 0.3) is 0 Å². The predicted molar refractivity (Wildman–Crippen MR) is 164 cm³/mol. The van der Waals surface area contributed by atoms with E-state index in [1.807, 2.05) is 11.0 Å². The van der Waals surface area contributed by atoms with E-state index in [9.17, 15) is 24.6 Å². The molecule has 0 aromatic heterocycles. The number of benzene rings is 1. The minimum Gasteiger partial charge on any atom is -0.493 e. The van der Waals surface area contributed by atoms with Crippen LogP contribution in [0.3, 0.4) is 0 Å². The second-order valence-electron chi connectivity index (χ2n) is 13.9. The molecule has 2 amide bonds. The number of carbonyl (C=O) groups excluding carboxylic acids is 3. The Morgan fingerprint density at radius 2 is 1.86 bits per heavy atom. The number of hydrogen-bond donors (Lipinski definition) is 3. The van der Waals surface area contributed by atoms with Crippen molar-refractivity contribution in [1.29, 1.82) is 0 Å². The van der Waals surface area contributed by atoms with Crippen LogP contribution in [0, 0.1) is 23.2 Å². The molecule has 0 unspecified atom stereocenters. The molecular formula is C35H46N2O7. The first-order chi connectivity index (χ1) is 21.3. The number of carbonyl (C=O) groups is 3. The number of rotatable bonds is 13. The van der Waals surface area contributed by atoms with Gasteiger partial charge in [0.25, 0.3) is 0 Å². The van der Waals surface area contributed by atoms with Crippen LogP contribution in [0.4, 0.5) is 0 Å². The summed E-state index contributed by atoms with van der Waals surface area (Å²) in [6.45, 7) is 4.20. The van der Waals surface area contributed by atoms with E-state index in [1.165, 1.54) is 26.4 Å². The second-order valence-corrected chi connectivity index (χ2v) is 13.9. The standard InChI is InChI=1S/C35H46N2O7/c1-3-4-5-6-7-29(40)37(20-35-16-21-10-22(17-35)12-23(11-21)18-35)27-15-26(34(42)36-8-9-38)30-25-13-24(19-39)14-28(43-2)32(25)44-33(30)31(27)41/h3,13-15,19,21-23,27,30-31,33,38,41H,1,4-12,16-18,20H2,2H3,(H,36,42)/t21?,22?,23?,27-,30+,31+,33+,35?/m1/s1. The van der Waals surface area contributed by atoms with E-state index in [1.54, 1.807) is 18.2 Å². The van der Waals surface area contributed by atoms with Crippen LogP contribution in [0.1, 0.15) is 86.0 Å². The van der Waals surface area contributed by atoms with Gasteiger partial charge in [0.05, 0.1) is 25.7 Å². The minimum absolute atomic E-state index is 0.0185. The van der Waals surface area contributed by atoms with Crippen LogP contribution in [0.2, 0.25) is 0 Å². The highest BCUT2D eigenvalue weighted by atomic mass is 16.5. The van der Waals surface area contributed by atoms with Gasteiger partial charge in [0.2, 0.25) is 11.8 Å². The highest BCUT2D eigenvalue weighted by Crippen LogP contribution is 2.60. The molecule has 4 saturated carbocycles. The minimum atomic E-state index is -1.11. The SMILES string of the molecule is C=CCCCCC(=O)N(CC12CC3CC(CC(C3)C1)C2)[C@@H]1C=C(C(=O)NCCO)[C@@H]2c3cc(C=O)cc(OC)c3O[C@@H]2[C@H]1O. The second kappa shape index (κ2) is 12.7. The summed E-state index contributed by atoms with van der Waals surface area (Å²) in [6, 6.07) is 2.49. The van der Waals surface area contributed by atoms with Crippen molar-refractivity contribution in [2.75, 3.05) is 26.8 Å². The highest BCUT2D eigenvalue weighted by Gasteiger charge is 2.55. The van der Waals surface area contributed by atoms with E-state index in [0.29, 0.717) is 65.2 Å². The number of amides is 2. The van der Waals surface area contributed by atoms with Gasteiger partial charge in [0.15, 0.2) is 11.5 Å². The lowest BCUT2D eigenvalue weighted by Gasteiger charge is -2.58. The van der Waals surface area contributed by atoms with E-state index >= 15 is 0 Å². The van der Waals surface area contributed by atoms with Gasteiger partial charge < -0.3 is 29.9 Å². The molecule has 1 heterocycles. The molecule has 7 rings (SSSR count). The summed E-state index contributed by atoms with van der Waals surface area (Å²) in [4.78, 5) is 41.5. The molecular weight excluding hydrogens is 560 g/mol. The van der Waals surface area contributed by atoms with E-state index in [0.717, 1.165) is 38.5 Å². The van der Waals surface area contributed by atoms with E-state index < -0.39 is 30.1 Å².